The van der Waals surface area contributed by atoms with Crippen molar-refractivity contribution in [3.05, 3.63) is 47.3 Å². The highest BCUT2D eigenvalue weighted by Gasteiger charge is 2.48. The van der Waals surface area contributed by atoms with Crippen LogP contribution in [-0.2, 0) is 5.41 Å². The first-order valence-electron chi connectivity index (χ1n) is 5.27. The minimum Gasteiger partial charge on any atom is -0.298 e. The van der Waals surface area contributed by atoms with Gasteiger partial charge < -0.3 is 0 Å². The average Bonchev–Trinajstić information content (AvgIpc) is 2.97. The fraction of sp³-hybridized carbons (Fsp3) is 0.250. The van der Waals surface area contributed by atoms with Gasteiger partial charge in [-0.3, -0.25) is 4.79 Å². The topological polar surface area (TPSA) is 58.6 Å². The van der Waals surface area contributed by atoms with Crippen molar-refractivity contribution < 1.29 is 4.79 Å². The lowest BCUT2D eigenvalue weighted by Gasteiger charge is -2.12. The quantitative estimate of drug-likeness (QED) is 0.789. The second-order valence-electron chi connectivity index (χ2n) is 4.18. The molecule has 0 aliphatic heterocycles. The predicted molar refractivity (Wildman–Crippen MR) is 58.2 cm³/mol. The molecule has 0 saturated heterocycles. The van der Waals surface area contributed by atoms with E-state index >= 15 is 0 Å². The maximum Gasteiger partial charge on any atom is 0.150 e. The Morgan fingerprint density at radius 3 is 2.88 bits per heavy atom. The summed E-state index contributed by atoms with van der Waals surface area (Å²) in [4.78, 5) is 10.8. The fourth-order valence-corrected chi connectivity index (χ4v) is 2.16. The van der Waals surface area contributed by atoms with Crippen LogP contribution in [0.5, 0.6) is 0 Å². The highest BCUT2D eigenvalue weighted by atomic mass is 16.1. The SMILES string of the molecule is O=Cc1cccc(C2(c3cn[nH]n3)CC2)c1. The molecule has 0 bridgehead atoms. The summed E-state index contributed by atoms with van der Waals surface area (Å²) in [6, 6.07) is 7.72. The van der Waals surface area contributed by atoms with Crippen LogP contribution >= 0.6 is 0 Å². The molecule has 80 valence electrons. The lowest BCUT2D eigenvalue weighted by atomic mass is 9.92. The van der Waals surface area contributed by atoms with E-state index in [-0.39, 0.29) is 5.41 Å². The first kappa shape index (κ1) is 9.27. The molecule has 2 aromatic rings. The van der Waals surface area contributed by atoms with Gasteiger partial charge in [0.1, 0.15) is 6.29 Å². The molecule has 0 amide bonds. The number of hydrogen-bond acceptors (Lipinski definition) is 3. The number of benzene rings is 1. The second kappa shape index (κ2) is 3.27. The molecule has 1 aromatic carbocycles. The molecule has 4 heteroatoms. The van der Waals surface area contributed by atoms with E-state index in [1.807, 2.05) is 18.2 Å². The van der Waals surface area contributed by atoms with E-state index in [9.17, 15) is 4.79 Å². The van der Waals surface area contributed by atoms with E-state index in [1.165, 1.54) is 0 Å². The zero-order valence-corrected chi connectivity index (χ0v) is 8.68. The molecular weight excluding hydrogens is 202 g/mol. The molecule has 0 spiro atoms. The Labute approximate surface area is 92.7 Å². The molecule has 0 unspecified atom stereocenters. The highest BCUT2D eigenvalue weighted by Crippen LogP contribution is 2.52. The summed E-state index contributed by atoms with van der Waals surface area (Å²) in [6.07, 6.45) is 4.78. The van der Waals surface area contributed by atoms with Gasteiger partial charge in [0.2, 0.25) is 0 Å². The number of aromatic nitrogens is 3. The number of hydrogen-bond donors (Lipinski definition) is 1. The maximum atomic E-state index is 10.8. The second-order valence-corrected chi connectivity index (χ2v) is 4.18. The van der Waals surface area contributed by atoms with Crippen molar-refractivity contribution >= 4 is 6.29 Å². The Balaban J connectivity index is 2.06. The largest absolute Gasteiger partial charge is 0.298 e. The summed E-state index contributed by atoms with van der Waals surface area (Å²) in [7, 11) is 0. The Morgan fingerprint density at radius 2 is 2.25 bits per heavy atom. The van der Waals surface area contributed by atoms with Crippen molar-refractivity contribution in [2.24, 2.45) is 0 Å². The van der Waals surface area contributed by atoms with Crippen molar-refractivity contribution in [2.75, 3.05) is 0 Å². The lowest BCUT2D eigenvalue weighted by Crippen LogP contribution is -2.09. The van der Waals surface area contributed by atoms with Crippen LogP contribution in [-0.4, -0.2) is 21.7 Å². The molecule has 1 aliphatic carbocycles. The Morgan fingerprint density at radius 1 is 1.38 bits per heavy atom. The van der Waals surface area contributed by atoms with E-state index in [1.54, 1.807) is 6.20 Å². The summed E-state index contributed by atoms with van der Waals surface area (Å²) in [5, 5.41) is 10.7. The minimum absolute atomic E-state index is 0.00792. The molecule has 16 heavy (non-hydrogen) atoms. The van der Waals surface area contributed by atoms with Gasteiger partial charge in [0, 0.05) is 11.0 Å². The fourth-order valence-electron chi connectivity index (χ4n) is 2.16. The van der Waals surface area contributed by atoms with Gasteiger partial charge in [0.05, 0.1) is 11.9 Å². The third kappa shape index (κ3) is 1.26. The summed E-state index contributed by atoms with van der Waals surface area (Å²) in [6.45, 7) is 0. The van der Waals surface area contributed by atoms with Crippen LogP contribution in [0, 0.1) is 0 Å². The standard InChI is InChI=1S/C12H11N3O/c16-8-9-2-1-3-10(6-9)12(4-5-12)11-7-13-15-14-11/h1-3,6-8H,4-5H2,(H,13,14,15). The van der Waals surface area contributed by atoms with Crippen molar-refractivity contribution in [3.63, 3.8) is 0 Å². The summed E-state index contributed by atoms with van der Waals surface area (Å²) < 4.78 is 0. The van der Waals surface area contributed by atoms with Gasteiger partial charge >= 0.3 is 0 Å². The molecule has 1 heterocycles. The zero-order chi connectivity index (χ0) is 11.0. The highest BCUT2D eigenvalue weighted by molar-refractivity contribution is 5.75. The number of nitrogens with one attached hydrogen (secondary N) is 1. The van der Waals surface area contributed by atoms with Gasteiger partial charge in [-0.2, -0.15) is 15.4 Å². The van der Waals surface area contributed by atoms with Crippen LogP contribution in [0.3, 0.4) is 0 Å². The van der Waals surface area contributed by atoms with Gasteiger partial charge in [-0.1, -0.05) is 18.2 Å². The number of aldehydes is 1. The minimum atomic E-state index is -0.00792. The van der Waals surface area contributed by atoms with Crippen molar-refractivity contribution in [1.29, 1.82) is 0 Å². The lowest BCUT2D eigenvalue weighted by molar-refractivity contribution is 0.112. The average molecular weight is 213 g/mol. The van der Waals surface area contributed by atoms with Gasteiger partial charge in [0.15, 0.2) is 0 Å². The van der Waals surface area contributed by atoms with E-state index in [0.717, 1.165) is 30.4 Å². The Hall–Kier alpha value is -1.97. The van der Waals surface area contributed by atoms with Crippen LogP contribution in [0.15, 0.2) is 30.5 Å². The van der Waals surface area contributed by atoms with Gasteiger partial charge in [0.25, 0.3) is 0 Å². The number of rotatable bonds is 3. The number of carbonyl (C=O) groups is 1. The molecule has 0 atom stereocenters. The third-order valence-electron chi connectivity index (χ3n) is 3.23. The van der Waals surface area contributed by atoms with Gasteiger partial charge in [-0.25, -0.2) is 0 Å². The van der Waals surface area contributed by atoms with Crippen molar-refractivity contribution in [3.8, 4) is 0 Å². The van der Waals surface area contributed by atoms with Crippen molar-refractivity contribution in [1.82, 2.24) is 15.4 Å². The number of H-pyrrole nitrogens is 1. The summed E-state index contributed by atoms with van der Waals surface area (Å²) >= 11 is 0. The molecule has 1 aromatic heterocycles. The van der Waals surface area contributed by atoms with E-state index in [2.05, 4.69) is 21.5 Å². The smallest absolute Gasteiger partial charge is 0.150 e. The van der Waals surface area contributed by atoms with Gasteiger partial charge in [-0.05, 0) is 24.5 Å². The molecule has 1 N–H and O–H groups in total. The first-order chi connectivity index (χ1) is 7.85. The van der Waals surface area contributed by atoms with Crippen LogP contribution in [0.2, 0.25) is 0 Å². The summed E-state index contributed by atoms with van der Waals surface area (Å²) in [5.74, 6) is 0. The van der Waals surface area contributed by atoms with Crippen LogP contribution in [0.25, 0.3) is 0 Å². The number of aromatic amines is 1. The van der Waals surface area contributed by atoms with E-state index in [0.29, 0.717) is 5.56 Å². The van der Waals surface area contributed by atoms with Crippen LogP contribution in [0.1, 0.15) is 34.5 Å². The molecular formula is C12H11N3O. The zero-order valence-electron chi connectivity index (χ0n) is 8.68. The van der Waals surface area contributed by atoms with Crippen LogP contribution < -0.4 is 0 Å². The number of nitrogens with zero attached hydrogens (tertiary/aromatic N) is 2. The normalized spacial score (nSPS) is 17.0. The molecule has 3 rings (SSSR count). The molecule has 0 radical (unpaired) electrons. The van der Waals surface area contributed by atoms with E-state index in [4.69, 9.17) is 0 Å². The van der Waals surface area contributed by atoms with Gasteiger partial charge in [-0.15, -0.1) is 0 Å². The first-order valence-corrected chi connectivity index (χ1v) is 5.27. The molecule has 1 saturated carbocycles. The molecule has 1 fully saturated rings. The molecule has 4 nitrogen and oxygen atoms in total. The van der Waals surface area contributed by atoms with Crippen LogP contribution in [0.4, 0.5) is 0 Å². The van der Waals surface area contributed by atoms with E-state index < -0.39 is 0 Å². The third-order valence-corrected chi connectivity index (χ3v) is 3.23. The summed E-state index contributed by atoms with van der Waals surface area (Å²) in [5.41, 5.74) is 2.83. The monoisotopic (exact) mass is 213 g/mol. The maximum absolute atomic E-state index is 10.8. The van der Waals surface area contributed by atoms with Crippen molar-refractivity contribution in [2.45, 2.75) is 18.3 Å². The number of carbonyl (C=O) groups excluding carboxylic acids is 1. The Bertz CT molecular complexity index is 515. The predicted octanol–water partition coefficient (Wildman–Crippen LogP) is 1.70. The molecule has 1 aliphatic rings. The Kier molecular flexibility index (Phi) is 1.89.